The molecule has 134 valence electrons. The van der Waals surface area contributed by atoms with Crippen molar-refractivity contribution in [3.05, 3.63) is 36.0 Å². The van der Waals surface area contributed by atoms with Gasteiger partial charge in [0.25, 0.3) is 0 Å². The Balaban J connectivity index is 1.49. The summed E-state index contributed by atoms with van der Waals surface area (Å²) in [5.74, 6) is 2.15. The average Bonchev–Trinajstić information content (AvgIpc) is 3.08. The number of para-hydroxylation sites is 2. The zero-order valence-electron chi connectivity index (χ0n) is 14.5. The number of aryl methyl sites for hydroxylation is 1. The van der Waals surface area contributed by atoms with Gasteiger partial charge < -0.3 is 19.9 Å². The van der Waals surface area contributed by atoms with Crippen LogP contribution >= 0.6 is 0 Å². The quantitative estimate of drug-likeness (QED) is 0.800. The predicted molar refractivity (Wildman–Crippen MR) is 93.5 cm³/mol. The highest BCUT2D eigenvalue weighted by atomic mass is 16.5. The van der Waals surface area contributed by atoms with Crippen LogP contribution in [0.1, 0.15) is 31.0 Å². The number of hydrogen-bond donors (Lipinski definition) is 2. The molecule has 2 aromatic rings. The number of hydrogen-bond acceptors (Lipinski definition) is 6. The summed E-state index contributed by atoms with van der Waals surface area (Å²) in [6.45, 7) is 2.17. The van der Waals surface area contributed by atoms with E-state index in [2.05, 4.69) is 20.8 Å². The van der Waals surface area contributed by atoms with Crippen LogP contribution in [0.2, 0.25) is 0 Å². The average molecular weight is 344 g/mol. The summed E-state index contributed by atoms with van der Waals surface area (Å²) in [5.41, 5.74) is 0.629. The lowest BCUT2D eigenvalue weighted by Gasteiger charge is -2.21. The van der Waals surface area contributed by atoms with Gasteiger partial charge in [-0.05, 0) is 50.4 Å². The van der Waals surface area contributed by atoms with Gasteiger partial charge in [-0.25, -0.2) is 0 Å². The zero-order chi connectivity index (χ0) is 17.5. The van der Waals surface area contributed by atoms with Crippen molar-refractivity contribution in [2.45, 2.75) is 32.1 Å². The number of anilines is 1. The Hall–Kier alpha value is -2.41. The Kier molecular flexibility index (Phi) is 6.00. The molecule has 1 amide bonds. The normalized spacial score (nSPS) is 15.1. The van der Waals surface area contributed by atoms with Crippen molar-refractivity contribution >= 4 is 11.6 Å². The van der Waals surface area contributed by atoms with Crippen molar-refractivity contribution in [1.29, 1.82) is 0 Å². The van der Waals surface area contributed by atoms with E-state index in [-0.39, 0.29) is 12.3 Å². The van der Waals surface area contributed by atoms with E-state index < -0.39 is 0 Å². The van der Waals surface area contributed by atoms with Crippen LogP contribution in [0.25, 0.3) is 0 Å². The number of nitrogens with zero attached hydrogens (tertiary/aromatic N) is 2. The van der Waals surface area contributed by atoms with Gasteiger partial charge in [-0.2, -0.15) is 4.98 Å². The molecule has 1 aromatic carbocycles. The largest absolute Gasteiger partial charge is 0.495 e. The van der Waals surface area contributed by atoms with E-state index in [0.29, 0.717) is 29.1 Å². The van der Waals surface area contributed by atoms with E-state index in [0.717, 1.165) is 25.9 Å². The van der Waals surface area contributed by atoms with Crippen LogP contribution in [-0.2, 0) is 17.6 Å². The van der Waals surface area contributed by atoms with Crippen LogP contribution in [0.4, 0.5) is 5.69 Å². The summed E-state index contributed by atoms with van der Waals surface area (Å²) in [5, 5.41) is 10.1. The van der Waals surface area contributed by atoms with Gasteiger partial charge in [0.15, 0.2) is 5.82 Å². The maximum atomic E-state index is 12.2. The van der Waals surface area contributed by atoms with Gasteiger partial charge in [-0.3, -0.25) is 4.79 Å². The molecule has 0 radical (unpaired) electrons. The molecule has 0 unspecified atom stereocenters. The molecule has 1 aliphatic heterocycles. The van der Waals surface area contributed by atoms with Crippen molar-refractivity contribution in [2.75, 3.05) is 25.5 Å². The highest BCUT2D eigenvalue weighted by Gasteiger charge is 2.16. The van der Waals surface area contributed by atoms with Gasteiger partial charge in [0.05, 0.1) is 19.2 Å². The molecule has 3 rings (SSSR count). The summed E-state index contributed by atoms with van der Waals surface area (Å²) in [7, 11) is 1.57. The van der Waals surface area contributed by atoms with Crippen LogP contribution in [0.5, 0.6) is 5.75 Å². The first kappa shape index (κ1) is 17.4. The number of amides is 1. The van der Waals surface area contributed by atoms with Crippen LogP contribution in [0.15, 0.2) is 28.8 Å². The Morgan fingerprint density at radius 2 is 2.16 bits per heavy atom. The minimum absolute atomic E-state index is 0.0783. The molecule has 2 N–H and O–H groups in total. The second kappa shape index (κ2) is 8.62. The Morgan fingerprint density at radius 3 is 2.96 bits per heavy atom. The van der Waals surface area contributed by atoms with Gasteiger partial charge >= 0.3 is 0 Å². The lowest BCUT2D eigenvalue weighted by Crippen LogP contribution is -2.27. The number of rotatable bonds is 7. The fourth-order valence-electron chi connectivity index (χ4n) is 3.05. The minimum atomic E-state index is -0.199. The first-order chi connectivity index (χ1) is 12.2. The van der Waals surface area contributed by atoms with Crippen molar-refractivity contribution in [2.24, 2.45) is 5.92 Å². The summed E-state index contributed by atoms with van der Waals surface area (Å²) in [6, 6.07) is 7.27. The third-order valence-corrected chi connectivity index (χ3v) is 4.44. The standard InChI is InChI=1S/C18H24N4O3/c1-24-15-5-3-2-4-14(15)20-17(23)12-16-21-18(25-22-16)7-6-13-8-10-19-11-9-13/h2-5,13,19H,6-12H2,1H3,(H,20,23). The van der Waals surface area contributed by atoms with Crippen molar-refractivity contribution in [3.63, 3.8) is 0 Å². The molecule has 1 saturated heterocycles. The second-order valence-electron chi connectivity index (χ2n) is 6.26. The lowest BCUT2D eigenvalue weighted by atomic mass is 9.93. The topological polar surface area (TPSA) is 89.3 Å². The third-order valence-electron chi connectivity index (χ3n) is 4.44. The van der Waals surface area contributed by atoms with Crippen LogP contribution in [0.3, 0.4) is 0 Å². The molecule has 2 heterocycles. The Bertz CT molecular complexity index is 695. The van der Waals surface area contributed by atoms with Gasteiger partial charge in [-0.1, -0.05) is 17.3 Å². The van der Waals surface area contributed by atoms with Crippen LogP contribution in [0, 0.1) is 5.92 Å². The Labute approximate surface area is 147 Å². The van der Waals surface area contributed by atoms with E-state index in [1.165, 1.54) is 12.8 Å². The molecule has 25 heavy (non-hydrogen) atoms. The number of carbonyl (C=O) groups excluding carboxylic acids is 1. The van der Waals surface area contributed by atoms with E-state index in [1.54, 1.807) is 19.2 Å². The van der Waals surface area contributed by atoms with Crippen LogP contribution < -0.4 is 15.4 Å². The van der Waals surface area contributed by atoms with E-state index in [9.17, 15) is 4.79 Å². The highest BCUT2D eigenvalue weighted by Crippen LogP contribution is 2.23. The maximum Gasteiger partial charge on any atom is 0.232 e. The van der Waals surface area contributed by atoms with Crippen molar-refractivity contribution < 1.29 is 14.1 Å². The fourth-order valence-corrected chi connectivity index (χ4v) is 3.05. The SMILES string of the molecule is COc1ccccc1NC(=O)Cc1noc(CCC2CCNCC2)n1. The summed E-state index contributed by atoms with van der Waals surface area (Å²) in [6.07, 6.45) is 4.29. The smallest absolute Gasteiger partial charge is 0.232 e. The fraction of sp³-hybridized carbons (Fsp3) is 0.500. The predicted octanol–water partition coefficient (Wildman–Crippen LogP) is 2.19. The van der Waals surface area contributed by atoms with Gasteiger partial charge in [0.2, 0.25) is 11.8 Å². The molecule has 1 aliphatic rings. The molecule has 0 aliphatic carbocycles. The van der Waals surface area contributed by atoms with Crippen molar-refractivity contribution in [3.8, 4) is 5.75 Å². The molecular formula is C18H24N4O3. The molecule has 0 atom stereocenters. The molecule has 0 spiro atoms. The minimum Gasteiger partial charge on any atom is -0.495 e. The van der Waals surface area contributed by atoms with Gasteiger partial charge in [-0.15, -0.1) is 0 Å². The number of aromatic nitrogens is 2. The zero-order valence-corrected chi connectivity index (χ0v) is 14.5. The summed E-state index contributed by atoms with van der Waals surface area (Å²) < 4.78 is 10.5. The number of methoxy groups -OCH3 is 1. The first-order valence-corrected chi connectivity index (χ1v) is 8.69. The van der Waals surface area contributed by atoms with E-state index in [4.69, 9.17) is 9.26 Å². The van der Waals surface area contributed by atoms with Gasteiger partial charge in [0, 0.05) is 6.42 Å². The number of piperidine rings is 1. The first-order valence-electron chi connectivity index (χ1n) is 8.69. The summed E-state index contributed by atoms with van der Waals surface area (Å²) >= 11 is 0. The molecule has 7 nitrogen and oxygen atoms in total. The monoisotopic (exact) mass is 344 g/mol. The molecule has 1 fully saturated rings. The number of carbonyl (C=O) groups is 1. The van der Waals surface area contributed by atoms with E-state index in [1.807, 2.05) is 12.1 Å². The molecule has 0 bridgehead atoms. The van der Waals surface area contributed by atoms with Crippen molar-refractivity contribution in [1.82, 2.24) is 15.5 Å². The molecule has 1 aromatic heterocycles. The molecular weight excluding hydrogens is 320 g/mol. The second-order valence-corrected chi connectivity index (χ2v) is 6.26. The molecule has 7 heteroatoms. The number of ether oxygens (including phenoxy) is 1. The van der Waals surface area contributed by atoms with Crippen LogP contribution in [-0.4, -0.2) is 36.2 Å². The van der Waals surface area contributed by atoms with Gasteiger partial charge in [0.1, 0.15) is 5.75 Å². The number of nitrogens with one attached hydrogen (secondary N) is 2. The maximum absolute atomic E-state index is 12.2. The summed E-state index contributed by atoms with van der Waals surface area (Å²) in [4.78, 5) is 16.5. The Morgan fingerprint density at radius 1 is 1.36 bits per heavy atom. The third kappa shape index (κ3) is 5.03. The lowest BCUT2D eigenvalue weighted by molar-refractivity contribution is -0.115. The molecule has 0 saturated carbocycles. The number of benzene rings is 1. The van der Waals surface area contributed by atoms with E-state index >= 15 is 0 Å². The highest BCUT2D eigenvalue weighted by molar-refractivity contribution is 5.93.